The lowest BCUT2D eigenvalue weighted by Gasteiger charge is -2.28. The lowest BCUT2D eigenvalue weighted by atomic mass is 9.76. The van der Waals surface area contributed by atoms with Crippen molar-refractivity contribution in [1.29, 1.82) is 0 Å². The first-order valence-corrected chi connectivity index (χ1v) is 9.78. The Morgan fingerprint density at radius 1 is 0.652 bits per heavy atom. The van der Waals surface area contributed by atoms with Gasteiger partial charge in [0, 0.05) is 0 Å². The van der Waals surface area contributed by atoms with E-state index < -0.39 is 0 Å². The SMILES string of the molecule is CC(C)(C)c1ccc(C(C)(C)C)c2c1CC1(CCCCCC1)C2. The molecule has 0 N–H and O–H groups in total. The van der Waals surface area contributed by atoms with Crippen molar-refractivity contribution in [2.45, 2.75) is 104 Å². The Labute approximate surface area is 144 Å². The van der Waals surface area contributed by atoms with Crippen molar-refractivity contribution >= 4 is 0 Å². The van der Waals surface area contributed by atoms with Gasteiger partial charge in [0.25, 0.3) is 0 Å². The van der Waals surface area contributed by atoms with Crippen molar-refractivity contribution < 1.29 is 0 Å². The minimum Gasteiger partial charge on any atom is -0.0579 e. The first-order chi connectivity index (χ1) is 10.6. The maximum absolute atomic E-state index is 2.45. The second-order valence-electron chi connectivity index (χ2n) is 10.4. The molecule has 0 aliphatic heterocycles. The number of benzene rings is 1. The average Bonchev–Trinajstić information content (AvgIpc) is 2.62. The van der Waals surface area contributed by atoms with E-state index in [-0.39, 0.29) is 10.8 Å². The highest BCUT2D eigenvalue weighted by Gasteiger charge is 2.41. The van der Waals surface area contributed by atoms with Crippen LogP contribution >= 0.6 is 0 Å². The third-order valence-corrected chi connectivity index (χ3v) is 6.31. The molecule has 128 valence electrons. The van der Waals surface area contributed by atoms with Crippen molar-refractivity contribution in [3.05, 3.63) is 34.4 Å². The van der Waals surface area contributed by atoms with Crippen LogP contribution in [0, 0.1) is 5.41 Å². The summed E-state index contributed by atoms with van der Waals surface area (Å²) in [5, 5.41) is 0. The summed E-state index contributed by atoms with van der Waals surface area (Å²) in [5.41, 5.74) is 7.79. The molecule has 1 spiro atoms. The number of rotatable bonds is 0. The van der Waals surface area contributed by atoms with Gasteiger partial charge in [0.1, 0.15) is 0 Å². The van der Waals surface area contributed by atoms with Crippen LogP contribution in [0.1, 0.15) is 102 Å². The van der Waals surface area contributed by atoms with Gasteiger partial charge in [0.2, 0.25) is 0 Å². The molecule has 0 heterocycles. The van der Waals surface area contributed by atoms with E-state index in [4.69, 9.17) is 0 Å². The van der Waals surface area contributed by atoms with Crippen molar-refractivity contribution in [1.82, 2.24) is 0 Å². The largest absolute Gasteiger partial charge is 0.0579 e. The molecule has 1 aromatic rings. The summed E-state index contributed by atoms with van der Waals surface area (Å²) in [6.07, 6.45) is 11.4. The van der Waals surface area contributed by atoms with Crippen molar-refractivity contribution in [3.8, 4) is 0 Å². The van der Waals surface area contributed by atoms with Crippen LogP contribution in [0.4, 0.5) is 0 Å². The second-order valence-corrected chi connectivity index (χ2v) is 10.4. The Morgan fingerprint density at radius 3 is 1.39 bits per heavy atom. The average molecular weight is 313 g/mol. The predicted octanol–water partition coefficient (Wildman–Crippen LogP) is 6.72. The van der Waals surface area contributed by atoms with Crippen LogP contribution < -0.4 is 0 Å². The predicted molar refractivity (Wildman–Crippen MR) is 101 cm³/mol. The Morgan fingerprint density at radius 2 is 1.04 bits per heavy atom. The van der Waals surface area contributed by atoms with Crippen LogP contribution in [0.15, 0.2) is 12.1 Å². The van der Waals surface area contributed by atoms with Crippen LogP contribution in [-0.2, 0) is 23.7 Å². The van der Waals surface area contributed by atoms with Gasteiger partial charge in [-0.3, -0.25) is 0 Å². The van der Waals surface area contributed by atoms with Gasteiger partial charge in [-0.2, -0.15) is 0 Å². The standard InChI is InChI=1S/C23H36/c1-21(2,3)19-11-12-20(22(4,5)6)18-16-23(15-17(18)19)13-9-7-8-10-14-23/h11-12H,7-10,13-16H2,1-6H3. The van der Waals surface area contributed by atoms with E-state index in [1.807, 2.05) is 0 Å². The second kappa shape index (κ2) is 5.64. The van der Waals surface area contributed by atoms with Gasteiger partial charge >= 0.3 is 0 Å². The summed E-state index contributed by atoms with van der Waals surface area (Å²) in [6, 6.07) is 4.91. The summed E-state index contributed by atoms with van der Waals surface area (Å²) in [5.74, 6) is 0. The Hall–Kier alpha value is -0.780. The molecule has 1 aromatic carbocycles. The van der Waals surface area contributed by atoms with Gasteiger partial charge in [-0.15, -0.1) is 0 Å². The summed E-state index contributed by atoms with van der Waals surface area (Å²) < 4.78 is 0. The zero-order valence-electron chi connectivity index (χ0n) is 16.3. The monoisotopic (exact) mass is 312 g/mol. The molecule has 0 radical (unpaired) electrons. The maximum Gasteiger partial charge on any atom is -0.0129 e. The van der Waals surface area contributed by atoms with E-state index in [1.54, 1.807) is 22.3 Å². The third-order valence-electron chi connectivity index (χ3n) is 6.31. The molecule has 0 heteroatoms. The third kappa shape index (κ3) is 3.24. The van der Waals surface area contributed by atoms with Gasteiger partial charge in [-0.25, -0.2) is 0 Å². The minimum atomic E-state index is 0.261. The van der Waals surface area contributed by atoms with Crippen LogP contribution in [0.5, 0.6) is 0 Å². The van der Waals surface area contributed by atoms with Crippen LogP contribution in [0.2, 0.25) is 0 Å². The molecule has 1 fully saturated rings. The lowest BCUT2D eigenvalue weighted by molar-refractivity contribution is 0.259. The number of fused-ring (bicyclic) bond motifs is 1. The summed E-state index contributed by atoms with van der Waals surface area (Å²) in [6.45, 7) is 14.3. The zero-order chi connectivity index (χ0) is 16.9. The molecule has 0 nitrogen and oxygen atoms in total. The van der Waals surface area contributed by atoms with Crippen molar-refractivity contribution in [3.63, 3.8) is 0 Å². The molecule has 0 unspecified atom stereocenters. The van der Waals surface area contributed by atoms with Crippen LogP contribution in [0.25, 0.3) is 0 Å². The van der Waals surface area contributed by atoms with E-state index in [2.05, 4.69) is 53.7 Å². The van der Waals surface area contributed by atoms with Gasteiger partial charge in [-0.05, 0) is 64.2 Å². The molecule has 0 bridgehead atoms. The smallest absolute Gasteiger partial charge is 0.0129 e. The maximum atomic E-state index is 2.45. The highest BCUT2D eigenvalue weighted by molar-refractivity contribution is 5.50. The van der Waals surface area contributed by atoms with Crippen molar-refractivity contribution in [2.24, 2.45) is 5.41 Å². The zero-order valence-corrected chi connectivity index (χ0v) is 16.3. The fourth-order valence-electron chi connectivity index (χ4n) is 5.15. The molecule has 0 atom stereocenters. The first kappa shape index (κ1) is 17.1. The Kier molecular flexibility index (Phi) is 4.18. The van der Waals surface area contributed by atoms with Gasteiger partial charge < -0.3 is 0 Å². The van der Waals surface area contributed by atoms with Gasteiger partial charge in [0.05, 0.1) is 0 Å². The molecule has 3 rings (SSSR count). The molecular formula is C23H36. The highest BCUT2D eigenvalue weighted by Crippen LogP contribution is 2.51. The molecule has 23 heavy (non-hydrogen) atoms. The van der Waals surface area contributed by atoms with E-state index in [0.717, 1.165) is 0 Å². The van der Waals surface area contributed by atoms with E-state index in [9.17, 15) is 0 Å². The fourth-order valence-corrected chi connectivity index (χ4v) is 5.15. The normalized spacial score (nSPS) is 21.3. The fraction of sp³-hybridized carbons (Fsp3) is 0.739. The Bertz CT molecular complexity index is 524. The molecule has 0 aromatic heterocycles. The van der Waals surface area contributed by atoms with E-state index in [1.165, 1.54) is 51.4 Å². The van der Waals surface area contributed by atoms with Gasteiger partial charge in [0.15, 0.2) is 0 Å². The topological polar surface area (TPSA) is 0 Å². The van der Waals surface area contributed by atoms with Crippen LogP contribution in [0.3, 0.4) is 0 Å². The van der Waals surface area contributed by atoms with Gasteiger partial charge in [-0.1, -0.05) is 79.4 Å². The molecule has 0 saturated heterocycles. The first-order valence-electron chi connectivity index (χ1n) is 9.78. The quantitative estimate of drug-likeness (QED) is 0.498. The van der Waals surface area contributed by atoms with E-state index >= 15 is 0 Å². The number of hydrogen-bond donors (Lipinski definition) is 0. The minimum absolute atomic E-state index is 0.261. The Balaban J connectivity index is 2.10. The summed E-state index contributed by atoms with van der Waals surface area (Å²) in [4.78, 5) is 0. The number of hydrogen-bond acceptors (Lipinski definition) is 0. The van der Waals surface area contributed by atoms with Crippen molar-refractivity contribution in [2.75, 3.05) is 0 Å². The molecule has 1 saturated carbocycles. The lowest BCUT2D eigenvalue weighted by Crippen LogP contribution is -2.21. The molecular weight excluding hydrogens is 276 g/mol. The highest BCUT2D eigenvalue weighted by atomic mass is 14.5. The molecule has 2 aliphatic rings. The molecule has 0 amide bonds. The van der Waals surface area contributed by atoms with Crippen LogP contribution in [-0.4, -0.2) is 0 Å². The molecule has 2 aliphatic carbocycles. The summed E-state index contributed by atoms with van der Waals surface area (Å²) in [7, 11) is 0. The van der Waals surface area contributed by atoms with E-state index in [0.29, 0.717) is 5.41 Å². The summed E-state index contributed by atoms with van der Waals surface area (Å²) >= 11 is 0.